The third kappa shape index (κ3) is 4.23. The second-order valence-corrected chi connectivity index (χ2v) is 11.7. The van der Waals surface area contributed by atoms with E-state index in [0.29, 0.717) is 13.1 Å². The summed E-state index contributed by atoms with van der Waals surface area (Å²) in [5.74, 6) is 0. The predicted molar refractivity (Wildman–Crippen MR) is 102 cm³/mol. The number of sulfonamides is 1. The van der Waals surface area contributed by atoms with E-state index in [1.54, 1.807) is 4.31 Å². The van der Waals surface area contributed by atoms with Gasteiger partial charge < -0.3 is 0 Å². The van der Waals surface area contributed by atoms with Crippen molar-refractivity contribution in [3.8, 4) is 0 Å². The number of piperidine rings is 1. The normalized spacial score (nSPS) is 28.7. The molecule has 1 saturated heterocycles. The molecule has 2 aliphatic rings. The topological polar surface area (TPSA) is 40.6 Å². The molecule has 0 aromatic rings. The van der Waals surface area contributed by atoms with E-state index in [1.807, 2.05) is 0 Å². The first-order chi connectivity index (χ1) is 10.8. The Balaban J connectivity index is 2.17. The number of rotatable bonds is 2. The zero-order valence-electron chi connectivity index (χ0n) is 16.6. The van der Waals surface area contributed by atoms with Crippen LogP contribution in [-0.2, 0) is 10.0 Å². The van der Waals surface area contributed by atoms with E-state index in [2.05, 4.69) is 59.4 Å². The van der Waals surface area contributed by atoms with Gasteiger partial charge in [0.15, 0.2) is 0 Å². The Labute approximate surface area is 149 Å². The maximum Gasteiger partial charge on any atom is 0.218 e. The Morgan fingerprint density at radius 3 is 2.25 bits per heavy atom. The standard InChI is InChI=1S/C19H36N2O2S/c1-15-13-16(18(2,3)4)10-12-21(15)24(22,23)17-9-8-11-20(14-17)19(5,6)7/h10,15,17H,8-9,11-14H2,1-7H3. The summed E-state index contributed by atoms with van der Waals surface area (Å²) in [6.45, 7) is 17.4. The molecule has 2 aliphatic heterocycles. The van der Waals surface area contributed by atoms with Gasteiger partial charge in [-0.25, -0.2) is 8.42 Å². The zero-order valence-corrected chi connectivity index (χ0v) is 17.4. The number of nitrogens with zero attached hydrogens (tertiary/aromatic N) is 2. The Morgan fingerprint density at radius 2 is 1.75 bits per heavy atom. The van der Waals surface area contributed by atoms with Gasteiger partial charge in [-0.3, -0.25) is 4.90 Å². The molecule has 0 amide bonds. The van der Waals surface area contributed by atoms with E-state index in [9.17, 15) is 8.42 Å². The molecule has 4 nitrogen and oxygen atoms in total. The first kappa shape index (κ1) is 19.9. The highest BCUT2D eigenvalue weighted by Crippen LogP contribution is 2.35. The smallest absolute Gasteiger partial charge is 0.218 e. The molecule has 2 atom stereocenters. The fourth-order valence-electron chi connectivity index (χ4n) is 3.83. The van der Waals surface area contributed by atoms with E-state index in [0.717, 1.165) is 25.8 Å². The van der Waals surface area contributed by atoms with Crippen LogP contribution in [0.25, 0.3) is 0 Å². The van der Waals surface area contributed by atoms with Crippen molar-refractivity contribution in [3.63, 3.8) is 0 Å². The van der Waals surface area contributed by atoms with E-state index >= 15 is 0 Å². The van der Waals surface area contributed by atoms with Gasteiger partial charge >= 0.3 is 0 Å². The molecule has 0 spiro atoms. The second kappa shape index (κ2) is 6.73. The predicted octanol–water partition coefficient (Wildman–Crippen LogP) is 3.65. The Bertz CT molecular complexity index is 581. The van der Waals surface area contributed by atoms with Gasteiger partial charge in [0, 0.05) is 24.7 Å². The minimum absolute atomic E-state index is 0.0288. The van der Waals surface area contributed by atoms with Crippen molar-refractivity contribution < 1.29 is 8.42 Å². The molecule has 0 aromatic heterocycles. The van der Waals surface area contributed by atoms with E-state index in [1.165, 1.54) is 5.57 Å². The average Bonchev–Trinajstić information content (AvgIpc) is 2.45. The van der Waals surface area contributed by atoms with Gasteiger partial charge in [-0.05, 0) is 58.9 Å². The van der Waals surface area contributed by atoms with Crippen LogP contribution in [0, 0.1) is 5.41 Å². The molecule has 5 heteroatoms. The van der Waals surface area contributed by atoms with Gasteiger partial charge in [0.1, 0.15) is 0 Å². The number of hydrogen-bond acceptors (Lipinski definition) is 3. The molecule has 2 heterocycles. The summed E-state index contributed by atoms with van der Waals surface area (Å²) in [4.78, 5) is 2.32. The highest BCUT2D eigenvalue weighted by atomic mass is 32.2. The van der Waals surface area contributed by atoms with Crippen molar-refractivity contribution in [1.82, 2.24) is 9.21 Å². The lowest BCUT2D eigenvalue weighted by atomic mass is 9.81. The highest BCUT2D eigenvalue weighted by molar-refractivity contribution is 7.89. The van der Waals surface area contributed by atoms with Crippen LogP contribution in [-0.4, -0.2) is 54.1 Å². The summed E-state index contributed by atoms with van der Waals surface area (Å²) in [6.07, 6.45) is 4.74. The molecule has 140 valence electrons. The molecule has 0 aromatic carbocycles. The van der Waals surface area contributed by atoms with Crippen LogP contribution < -0.4 is 0 Å². The third-order valence-corrected chi connectivity index (χ3v) is 7.95. The largest absolute Gasteiger partial charge is 0.297 e. The van der Waals surface area contributed by atoms with Gasteiger partial charge in [-0.1, -0.05) is 32.4 Å². The molecular weight excluding hydrogens is 320 g/mol. The van der Waals surface area contributed by atoms with Gasteiger partial charge in [-0.15, -0.1) is 0 Å². The molecule has 24 heavy (non-hydrogen) atoms. The van der Waals surface area contributed by atoms with Crippen LogP contribution in [0.3, 0.4) is 0 Å². The van der Waals surface area contributed by atoms with Gasteiger partial charge in [-0.2, -0.15) is 4.31 Å². The first-order valence-corrected chi connectivity index (χ1v) is 10.8. The molecule has 0 aliphatic carbocycles. The lowest BCUT2D eigenvalue weighted by Crippen LogP contribution is -2.55. The van der Waals surface area contributed by atoms with Crippen molar-refractivity contribution >= 4 is 10.0 Å². The first-order valence-electron chi connectivity index (χ1n) is 9.28. The average molecular weight is 357 g/mol. The summed E-state index contributed by atoms with van der Waals surface area (Å²) < 4.78 is 28.2. The lowest BCUT2D eigenvalue weighted by Gasteiger charge is -2.44. The summed E-state index contributed by atoms with van der Waals surface area (Å²) in [5.41, 5.74) is 1.53. The van der Waals surface area contributed by atoms with Crippen LogP contribution >= 0.6 is 0 Å². The molecule has 0 saturated carbocycles. The Hall–Kier alpha value is -0.390. The molecule has 1 fully saturated rings. The molecule has 0 radical (unpaired) electrons. The summed E-state index contributed by atoms with van der Waals surface area (Å²) >= 11 is 0. The van der Waals surface area contributed by atoms with Crippen molar-refractivity contribution in [3.05, 3.63) is 11.6 Å². The van der Waals surface area contributed by atoms with Gasteiger partial charge in [0.25, 0.3) is 0 Å². The van der Waals surface area contributed by atoms with Crippen LogP contribution in [0.1, 0.15) is 67.7 Å². The van der Waals surface area contributed by atoms with Crippen LogP contribution in [0.5, 0.6) is 0 Å². The number of hydrogen-bond donors (Lipinski definition) is 0. The second-order valence-electron chi connectivity index (χ2n) is 9.53. The van der Waals surface area contributed by atoms with E-state index in [-0.39, 0.29) is 22.2 Å². The summed E-state index contributed by atoms with van der Waals surface area (Å²) in [6, 6.07) is 0.0549. The van der Waals surface area contributed by atoms with Crippen LogP contribution in [0.2, 0.25) is 0 Å². The van der Waals surface area contributed by atoms with Gasteiger partial charge in [0.05, 0.1) is 5.25 Å². The quantitative estimate of drug-likeness (QED) is 0.709. The van der Waals surface area contributed by atoms with Crippen LogP contribution in [0.4, 0.5) is 0 Å². The van der Waals surface area contributed by atoms with Crippen LogP contribution in [0.15, 0.2) is 11.6 Å². The minimum Gasteiger partial charge on any atom is -0.297 e. The minimum atomic E-state index is -3.25. The van der Waals surface area contributed by atoms with Gasteiger partial charge in [0.2, 0.25) is 10.0 Å². The van der Waals surface area contributed by atoms with Crippen molar-refractivity contribution in [1.29, 1.82) is 0 Å². The van der Waals surface area contributed by atoms with Crippen molar-refractivity contribution in [2.45, 2.75) is 84.6 Å². The fraction of sp³-hybridized carbons (Fsp3) is 0.895. The molecule has 2 rings (SSSR count). The maximum atomic E-state index is 13.2. The molecule has 0 bridgehead atoms. The number of likely N-dealkylation sites (tertiary alicyclic amines) is 1. The van der Waals surface area contributed by atoms with Crippen molar-refractivity contribution in [2.24, 2.45) is 5.41 Å². The molecular formula is C19H36N2O2S. The lowest BCUT2D eigenvalue weighted by molar-refractivity contribution is 0.111. The summed E-state index contributed by atoms with van der Waals surface area (Å²) in [7, 11) is -3.25. The van der Waals surface area contributed by atoms with E-state index in [4.69, 9.17) is 0 Å². The zero-order chi connectivity index (χ0) is 18.3. The molecule has 2 unspecified atom stereocenters. The maximum absolute atomic E-state index is 13.2. The Morgan fingerprint density at radius 1 is 1.12 bits per heavy atom. The van der Waals surface area contributed by atoms with E-state index < -0.39 is 10.0 Å². The summed E-state index contributed by atoms with van der Waals surface area (Å²) in [5, 5.41) is -0.266. The monoisotopic (exact) mass is 356 g/mol. The SMILES string of the molecule is CC1CC(C(C)(C)C)=CCN1S(=O)(=O)C1CCCN(C(C)(C)C)C1. The Kier molecular flexibility index (Phi) is 5.59. The molecule has 0 N–H and O–H groups in total. The fourth-order valence-corrected chi connectivity index (χ4v) is 5.91. The van der Waals surface area contributed by atoms with Crippen molar-refractivity contribution in [2.75, 3.05) is 19.6 Å². The highest BCUT2D eigenvalue weighted by Gasteiger charge is 2.41. The third-order valence-electron chi connectivity index (χ3n) is 5.56.